The SMILES string of the molecule is COc1cnc2c(-c3nc4cc(F)c(OC[C@@H](C)OC(=O)Nc5ccc(CO)nc5)nc4s3)cc(C)cc2n1. The van der Waals surface area contributed by atoms with Crippen LogP contribution in [-0.2, 0) is 11.3 Å². The van der Waals surface area contributed by atoms with E-state index < -0.39 is 18.0 Å². The molecule has 0 saturated heterocycles. The minimum atomic E-state index is -0.730. The lowest BCUT2D eigenvalue weighted by molar-refractivity contribution is 0.0827. The minimum absolute atomic E-state index is 0.129. The summed E-state index contributed by atoms with van der Waals surface area (Å²) in [5.74, 6) is -0.515. The zero-order valence-electron chi connectivity index (χ0n) is 21.1. The van der Waals surface area contributed by atoms with Gasteiger partial charge in [0.05, 0.1) is 48.5 Å². The number of carbonyl (C=O) groups excluding carboxylic acids is 1. The monoisotopic (exact) mass is 550 g/mol. The predicted molar refractivity (Wildman–Crippen MR) is 142 cm³/mol. The Morgan fingerprint density at radius 3 is 2.72 bits per heavy atom. The molecule has 0 fully saturated rings. The number of benzene rings is 1. The summed E-state index contributed by atoms with van der Waals surface area (Å²) in [6, 6.07) is 8.26. The van der Waals surface area contributed by atoms with Gasteiger partial charge in [-0.2, -0.15) is 4.98 Å². The fourth-order valence-corrected chi connectivity index (χ4v) is 4.63. The van der Waals surface area contributed by atoms with Crippen LogP contribution in [0.2, 0.25) is 0 Å². The number of thiazole rings is 1. The van der Waals surface area contributed by atoms with Crippen molar-refractivity contribution in [2.75, 3.05) is 19.0 Å². The van der Waals surface area contributed by atoms with Gasteiger partial charge >= 0.3 is 6.09 Å². The average Bonchev–Trinajstić information content (AvgIpc) is 3.33. The van der Waals surface area contributed by atoms with E-state index >= 15 is 0 Å². The predicted octanol–water partition coefficient (Wildman–Crippen LogP) is 4.66. The van der Waals surface area contributed by atoms with Crippen molar-refractivity contribution in [1.82, 2.24) is 24.9 Å². The second-order valence-corrected chi connectivity index (χ2v) is 9.54. The molecule has 5 aromatic rings. The molecule has 1 amide bonds. The second kappa shape index (κ2) is 11.1. The summed E-state index contributed by atoms with van der Waals surface area (Å²) in [7, 11) is 1.53. The highest BCUT2D eigenvalue weighted by Crippen LogP contribution is 2.35. The molecule has 2 N–H and O–H groups in total. The number of amides is 1. The third-order valence-corrected chi connectivity index (χ3v) is 6.51. The number of rotatable bonds is 8. The van der Waals surface area contributed by atoms with Crippen molar-refractivity contribution in [3.63, 3.8) is 0 Å². The first-order chi connectivity index (χ1) is 18.8. The van der Waals surface area contributed by atoms with Gasteiger partial charge in [-0.05, 0) is 43.7 Å². The van der Waals surface area contributed by atoms with Gasteiger partial charge in [0, 0.05) is 11.6 Å². The van der Waals surface area contributed by atoms with Crippen molar-refractivity contribution in [3.8, 4) is 22.3 Å². The molecule has 0 bridgehead atoms. The van der Waals surface area contributed by atoms with Gasteiger partial charge in [-0.1, -0.05) is 11.3 Å². The highest BCUT2D eigenvalue weighted by molar-refractivity contribution is 7.21. The second-order valence-electron chi connectivity index (χ2n) is 8.56. The topological polar surface area (TPSA) is 141 Å². The molecular formula is C26H23FN6O5S. The highest BCUT2D eigenvalue weighted by Gasteiger charge is 2.18. The number of aliphatic hydroxyl groups excluding tert-OH is 1. The Hall–Kier alpha value is -4.49. The minimum Gasteiger partial charge on any atom is -0.480 e. The van der Waals surface area contributed by atoms with Gasteiger partial charge < -0.3 is 19.3 Å². The Bertz CT molecular complexity index is 1660. The van der Waals surface area contributed by atoms with Crippen LogP contribution >= 0.6 is 11.3 Å². The molecule has 5 rings (SSSR count). The molecule has 11 nitrogen and oxygen atoms in total. The number of anilines is 1. The molecule has 1 aromatic carbocycles. The normalized spacial score (nSPS) is 11.9. The van der Waals surface area contributed by atoms with Gasteiger partial charge in [0.2, 0.25) is 5.88 Å². The van der Waals surface area contributed by atoms with E-state index in [2.05, 4.69) is 30.2 Å². The number of halogens is 1. The average molecular weight is 551 g/mol. The number of aliphatic hydroxyl groups is 1. The number of nitrogens with zero attached hydrogens (tertiary/aromatic N) is 5. The Kier molecular flexibility index (Phi) is 7.43. The van der Waals surface area contributed by atoms with Gasteiger partial charge in [-0.3, -0.25) is 10.3 Å². The molecule has 200 valence electrons. The molecule has 0 aliphatic carbocycles. The lowest BCUT2D eigenvalue weighted by atomic mass is 10.1. The van der Waals surface area contributed by atoms with Gasteiger partial charge in [0.15, 0.2) is 5.82 Å². The van der Waals surface area contributed by atoms with E-state index in [9.17, 15) is 9.18 Å². The van der Waals surface area contributed by atoms with Gasteiger partial charge in [0.1, 0.15) is 28.1 Å². The molecule has 0 radical (unpaired) electrons. The largest absolute Gasteiger partial charge is 0.480 e. The van der Waals surface area contributed by atoms with Crippen LogP contribution < -0.4 is 14.8 Å². The standard InChI is InChI=1S/C26H23FN6O5S/c1-13-6-17(22-19(7-13)31-21(36-3)10-29-22)24-32-20-8-18(27)23(33-25(20)39-24)37-12-14(2)38-26(35)30-15-4-5-16(11-34)28-9-15/h4-10,14,34H,11-12H2,1-3H3,(H,30,35)/t14-/m1/s1. The van der Waals surface area contributed by atoms with Crippen molar-refractivity contribution in [2.45, 2.75) is 26.6 Å². The van der Waals surface area contributed by atoms with Crippen LogP contribution in [-0.4, -0.2) is 55.9 Å². The van der Waals surface area contributed by atoms with Crippen LogP contribution in [0.5, 0.6) is 11.8 Å². The lowest BCUT2D eigenvalue weighted by Gasteiger charge is -2.14. The molecule has 0 aliphatic heterocycles. The van der Waals surface area contributed by atoms with E-state index in [1.807, 2.05) is 19.1 Å². The molecule has 39 heavy (non-hydrogen) atoms. The number of fused-ring (bicyclic) bond motifs is 2. The van der Waals surface area contributed by atoms with Crippen LogP contribution in [0.4, 0.5) is 14.9 Å². The Labute approximate surface area is 225 Å². The van der Waals surface area contributed by atoms with E-state index in [1.165, 1.54) is 36.9 Å². The number of methoxy groups -OCH3 is 1. The van der Waals surface area contributed by atoms with Crippen molar-refractivity contribution < 1.29 is 28.5 Å². The van der Waals surface area contributed by atoms with Crippen molar-refractivity contribution in [1.29, 1.82) is 0 Å². The summed E-state index contributed by atoms with van der Waals surface area (Å²) in [5, 5.41) is 12.2. The molecular weight excluding hydrogens is 527 g/mol. The van der Waals surface area contributed by atoms with Crippen LogP contribution in [0.25, 0.3) is 32.0 Å². The lowest BCUT2D eigenvalue weighted by Crippen LogP contribution is -2.25. The first-order valence-corrected chi connectivity index (χ1v) is 12.6. The smallest absolute Gasteiger partial charge is 0.412 e. The zero-order chi connectivity index (χ0) is 27.5. The number of aromatic nitrogens is 5. The first kappa shape index (κ1) is 26.1. The van der Waals surface area contributed by atoms with Crippen LogP contribution in [0.15, 0.2) is 42.7 Å². The van der Waals surface area contributed by atoms with E-state index in [0.717, 1.165) is 11.1 Å². The highest BCUT2D eigenvalue weighted by atomic mass is 32.1. The van der Waals surface area contributed by atoms with Crippen molar-refractivity contribution in [2.24, 2.45) is 0 Å². The van der Waals surface area contributed by atoms with E-state index in [0.29, 0.717) is 43.6 Å². The summed E-state index contributed by atoms with van der Waals surface area (Å²) >= 11 is 1.27. The van der Waals surface area contributed by atoms with Gasteiger partial charge in [0.25, 0.3) is 5.88 Å². The van der Waals surface area contributed by atoms with E-state index in [1.54, 1.807) is 19.1 Å². The van der Waals surface area contributed by atoms with Crippen molar-refractivity contribution in [3.05, 3.63) is 59.8 Å². The summed E-state index contributed by atoms with van der Waals surface area (Å²) in [5.41, 5.74) is 4.25. The quantitative estimate of drug-likeness (QED) is 0.280. The van der Waals surface area contributed by atoms with Gasteiger partial charge in [-0.25, -0.2) is 24.1 Å². The van der Waals surface area contributed by atoms with Crippen molar-refractivity contribution >= 4 is 44.5 Å². The van der Waals surface area contributed by atoms with E-state index in [-0.39, 0.29) is 19.1 Å². The summed E-state index contributed by atoms with van der Waals surface area (Å²) in [4.78, 5) is 34.4. The number of carbonyl (C=O) groups is 1. The van der Waals surface area contributed by atoms with Crippen LogP contribution in [0.1, 0.15) is 18.2 Å². The number of nitrogens with one attached hydrogen (secondary N) is 1. The number of hydrogen-bond donors (Lipinski definition) is 2. The first-order valence-electron chi connectivity index (χ1n) is 11.8. The third-order valence-electron chi connectivity index (χ3n) is 5.51. The number of aryl methyl sites for hydroxylation is 1. The van der Waals surface area contributed by atoms with Crippen LogP contribution in [0.3, 0.4) is 0 Å². The number of ether oxygens (including phenoxy) is 3. The molecule has 0 unspecified atom stereocenters. The van der Waals surface area contributed by atoms with E-state index in [4.69, 9.17) is 19.3 Å². The van der Waals surface area contributed by atoms with Crippen LogP contribution in [0, 0.1) is 12.7 Å². The number of pyridine rings is 2. The maximum absolute atomic E-state index is 14.8. The molecule has 13 heteroatoms. The Morgan fingerprint density at radius 1 is 1.13 bits per heavy atom. The molecule has 0 spiro atoms. The number of hydrogen-bond acceptors (Lipinski definition) is 11. The summed E-state index contributed by atoms with van der Waals surface area (Å²) in [6.45, 7) is 3.21. The zero-order valence-corrected chi connectivity index (χ0v) is 22.0. The third kappa shape index (κ3) is 5.84. The van der Waals surface area contributed by atoms with Gasteiger partial charge in [-0.15, -0.1) is 0 Å². The summed E-state index contributed by atoms with van der Waals surface area (Å²) in [6.07, 6.45) is 1.49. The fraction of sp³-hybridized carbons (Fsp3) is 0.231. The molecule has 4 heterocycles. The molecule has 0 aliphatic rings. The maximum Gasteiger partial charge on any atom is 0.412 e. The summed E-state index contributed by atoms with van der Waals surface area (Å²) < 4.78 is 30.8. The Morgan fingerprint density at radius 2 is 1.97 bits per heavy atom. The molecule has 0 saturated carbocycles. The molecule has 1 atom stereocenters. The Balaban J connectivity index is 1.29. The maximum atomic E-state index is 14.8. The molecule has 4 aromatic heterocycles. The fourth-order valence-electron chi connectivity index (χ4n) is 3.70.